The Morgan fingerprint density at radius 3 is 1.90 bits per heavy atom. The second-order valence-electron chi connectivity index (χ2n) is 7.27. The third-order valence-electron chi connectivity index (χ3n) is 2.88. The molecule has 114 valence electrons. The van der Waals surface area contributed by atoms with Crippen LogP contribution in [0.15, 0.2) is 30.3 Å². The predicted octanol–water partition coefficient (Wildman–Crippen LogP) is 4.51. The molecule has 20 heavy (non-hydrogen) atoms. The normalized spacial score (nSPS) is 15.8. The van der Waals surface area contributed by atoms with Crippen LogP contribution in [0.25, 0.3) is 0 Å². The highest BCUT2D eigenvalue weighted by atomic mass is 28.4. The molecule has 3 nitrogen and oxygen atoms in total. The highest BCUT2D eigenvalue weighted by Crippen LogP contribution is 2.39. The zero-order valence-corrected chi connectivity index (χ0v) is 14.8. The molecule has 0 heterocycles. The van der Waals surface area contributed by atoms with E-state index in [4.69, 9.17) is 13.3 Å². The maximum Gasteiger partial charge on any atom is 0.571 e. The maximum absolute atomic E-state index is 6.21. The van der Waals surface area contributed by atoms with Crippen LogP contribution < -0.4 is 4.43 Å². The minimum atomic E-state index is -2.82. The standard InChI is InChI=1S/C16H28O3Si/c1-15(2,3)13-18-20(17-7,16(4,5)6)19-14-11-9-8-10-12-14/h8-12H,13H2,1-7H3. The first-order valence-electron chi connectivity index (χ1n) is 7.03. The first-order chi connectivity index (χ1) is 9.10. The van der Waals surface area contributed by atoms with Gasteiger partial charge in [0.2, 0.25) is 0 Å². The van der Waals surface area contributed by atoms with Gasteiger partial charge in [-0.15, -0.1) is 0 Å². The SMILES string of the molecule is CO[Si](OCC(C)(C)C)(Oc1ccccc1)C(C)(C)C. The van der Waals surface area contributed by atoms with E-state index in [1.807, 2.05) is 30.3 Å². The Morgan fingerprint density at radius 2 is 1.50 bits per heavy atom. The Hall–Kier alpha value is -0.843. The summed E-state index contributed by atoms with van der Waals surface area (Å²) in [5, 5.41) is -0.192. The summed E-state index contributed by atoms with van der Waals surface area (Å²) in [6.07, 6.45) is 0. The molecule has 0 aromatic heterocycles. The molecular weight excluding hydrogens is 268 g/mol. The number of para-hydroxylation sites is 1. The van der Waals surface area contributed by atoms with E-state index in [2.05, 4.69) is 41.5 Å². The third-order valence-corrected chi connectivity index (χ3v) is 6.28. The minimum Gasteiger partial charge on any atom is -0.500 e. The van der Waals surface area contributed by atoms with Crippen molar-refractivity contribution in [1.82, 2.24) is 0 Å². The van der Waals surface area contributed by atoms with E-state index in [-0.39, 0.29) is 10.5 Å². The van der Waals surface area contributed by atoms with Crippen molar-refractivity contribution in [3.63, 3.8) is 0 Å². The fourth-order valence-corrected chi connectivity index (χ4v) is 4.44. The van der Waals surface area contributed by atoms with E-state index < -0.39 is 8.80 Å². The van der Waals surface area contributed by atoms with E-state index in [0.717, 1.165) is 5.75 Å². The number of rotatable bonds is 5. The molecule has 0 spiro atoms. The summed E-state index contributed by atoms with van der Waals surface area (Å²) in [5.74, 6) is 0.796. The quantitative estimate of drug-likeness (QED) is 0.748. The van der Waals surface area contributed by atoms with Crippen LogP contribution in [-0.4, -0.2) is 22.5 Å². The molecule has 0 aliphatic carbocycles. The van der Waals surface area contributed by atoms with E-state index >= 15 is 0 Å². The predicted molar refractivity (Wildman–Crippen MR) is 85.0 cm³/mol. The molecular formula is C16H28O3Si. The van der Waals surface area contributed by atoms with Gasteiger partial charge in [0.05, 0.1) is 0 Å². The Labute approximate surface area is 124 Å². The fourth-order valence-electron chi connectivity index (χ4n) is 1.76. The number of benzene rings is 1. The summed E-state index contributed by atoms with van der Waals surface area (Å²) < 4.78 is 18.2. The lowest BCUT2D eigenvalue weighted by Crippen LogP contribution is -2.56. The highest BCUT2D eigenvalue weighted by Gasteiger charge is 2.55. The molecule has 1 rings (SSSR count). The molecule has 0 amide bonds. The first-order valence-corrected chi connectivity index (χ1v) is 8.75. The summed E-state index contributed by atoms with van der Waals surface area (Å²) in [5.41, 5.74) is 0.0715. The van der Waals surface area contributed by atoms with Crippen molar-refractivity contribution >= 4 is 8.80 Å². The smallest absolute Gasteiger partial charge is 0.500 e. The van der Waals surface area contributed by atoms with Crippen LogP contribution in [0.2, 0.25) is 5.04 Å². The van der Waals surface area contributed by atoms with Gasteiger partial charge < -0.3 is 13.3 Å². The lowest BCUT2D eigenvalue weighted by atomic mass is 9.99. The van der Waals surface area contributed by atoms with Gasteiger partial charge in [-0.3, -0.25) is 0 Å². The van der Waals surface area contributed by atoms with Crippen LogP contribution in [0.1, 0.15) is 41.5 Å². The van der Waals surface area contributed by atoms with Gasteiger partial charge in [0.1, 0.15) is 5.75 Å². The lowest BCUT2D eigenvalue weighted by molar-refractivity contribution is 0.0709. The number of hydrogen-bond donors (Lipinski definition) is 0. The molecule has 0 saturated heterocycles. The van der Waals surface area contributed by atoms with Gasteiger partial charge in [-0.25, -0.2) is 0 Å². The van der Waals surface area contributed by atoms with Crippen molar-refractivity contribution in [3.05, 3.63) is 30.3 Å². The monoisotopic (exact) mass is 296 g/mol. The van der Waals surface area contributed by atoms with Crippen LogP contribution in [0.3, 0.4) is 0 Å². The lowest BCUT2D eigenvalue weighted by Gasteiger charge is -2.39. The Bertz CT molecular complexity index is 406. The molecule has 0 fully saturated rings. The second-order valence-corrected chi connectivity index (χ2v) is 10.8. The fraction of sp³-hybridized carbons (Fsp3) is 0.625. The van der Waals surface area contributed by atoms with Gasteiger partial charge >= 0.3 is 8.80 Å². The molecule has 1 unspecified atom stereocenters. The largest absolute Gasteiger partial charge is 0.571 e. The maximum atomic E-state index is 6.21. The topological polar surface area (TPSA) is 27.7 Å². The van der Waals surface area contributed by atoms with E-state index in [1.54, 1.807) is 7.11 Å². The zero-order valence-electron chi connectivity index (χ0n) is 13.8. The van der Waals surface area contributed by atoms with Gasteiger partial charge in [0, 0.05) is 18.8 Å². The second kappa shape index (κ2) is 6.29. The summed E-state index contributed by atoms with van der Waals surface area (Å²) >= 11 is 0. The van der Waals surface area contributed by atoms with Crippen molar-refractivity contribution in [2.24, 2.45) is 5.41 Å². The molecule has 0 N–H and O–H groups in total. The minimum absolute atomic E-state index is 0.0715. The molecule has 1 aromatic carbocycles. The van der Waals surface area contributed by atoms with Crippen molar-refractivity contribution in [1.29, 1.82) is 0 Å². The summed E-state index contributed by atoms with van der Waals surface area (Å²) in [7, 11) is -1.14. The molecule has 0 aliphatic rings. The summed E-state index contributed by atoms with van der Waals surface area (Å²) in [6.45, 7) is 13.4. The van der Waals surface area contributed by atoms with Crippen molar-refractivity contribution < 1.29 is 13.3 Å². The van der Waals surface area contributed by atoms with E-state index in [0.29, 0.717) is 6.61 Å². The Morgan fingerprint density at radius 1 is 0.950 bits per heavy atom. The molecule has 0 radical (unpaired) electrons. The van der Waals surface area contributed by atoms with Crippen LogP contribution in [0.4, 0.5) is 0 Å². The molecule has 1 atom stereocenters. The Balaban J connectivity index is 3.00. The van der Waals surface area contributed by atoms with Crippen LogP contribution in [0.5, 0.6) is 5.75 Å². The summed E-state index contributed by atoms with van der Waals surface area (Å²) in [4.78, 5) is 0. The van der Waals surface area contributed by atoms with E-state index in [1.165, 1.54) is 0 Å². The van der Waals surface area contributed by atoms with Crippen LogP contribution in [-0.2, 0) is 8.85 Å². The van der Waals surface area contributed by atoms with Gasteiger partial charge in [0.15, 0.2) is 0 Å². The zero-order chi connectivity index (χ0) is 15.4. The average Bonchev–Trinajstić information content (AvgIpc) is 2.33. The average molecular weight is 296 g/mol. The van der Waals surface area contributed by atoms with Crippen LogP contribution in [0, 0.1) is 5.41 Å². The van der Waals surface area contributed by atoms with Gasteiger partial charge in [0.25, 0.3) is 0 Å². The van der Waals surface area contributed by atoms with Gasteiger partial charge in [-0.05, 0) is 17.5 Å². The number of hydrogen-bond acceptors (Lipinski definition) is 3. The van der Waals surface area contributed by atoms with Crippen molar-refractivity contribution in [2.45, 2.75) is 46.6 Å². The molecule has 1 aromatic rings. The molecule has 0 aliphatic heterocycles. The molecule has 0 bridgehead atoms. The first kappa shape index (κ1) is 17.2. The molecule has 0 saturated carbocycles. The van der Waals surface area contributed by atoms with Crippen LogP contribution >= 0.6 is 0 Å². The molecule has 4 heteroatoms. The van der Waals surface area contributed by atoms with Gasteiger partial charge in [-0.2, -0.15) is 0 Å². The Kier molecular flexibility index (Phi) is 5.41. The third kappa shape index (κ3) is 4.61. The summed E-state index contributed by atoms with van der Waals surface area (Å²) in [6, 6.07) is 9.75. The van der Waals surface area contributed by atoms with Crippen molar-refractivity contribution in [3.8, 4) is 5.75 Å². The van der Waals surface area contributed by atoms with Crippen molar-refractivity contribution in [2.75, 3.05) is 13.7 Å². The van der Waals surface area contributed by atoms with E-state index in [9.17, 15) is 0 Å². The highest BCUT2D eigenvalue weighted by molar-refractivity contribution is 6.64. The van der Waals surface area contributed by atoms with Gasteiger partial charge in [-0.1, -0.05) is 59.7 Å².